The molecule has 5 heteroatoms. The third-order valence-corrected chi connectivity index (χ3v) is 4.90. The first kappa shape index (κ1) is 19.6. The van der Waals surface area contributed by atoms with Crippen molar-refractivity contribution in [3.63, 3.8) is 0 Å². The van der Waals surface area contributed by atoms with E-state index >= 15 is 0 Å². The van der Waals surface area contributed by atoms with Crippen LogP contribution in [-0.2, 0) is 6.42 Å². The maximum Gasteiger partial charge on any atom is 0.317 e. The zero-order valence-electron chi connectivity index (χ0n) is 16.0. The third kappa shape index (κ3) is 6.24. The molecule has 0 bridgehead atoms. The predicted octanol–water partition coefficient (Wildman–Crippen LogP) is 3.00. The van der Waals surface area contributed by atoms with Crippen LogP contribution in [0.1, 0.15) is 31.7 Å². The van der Waals surface area contributed by atoms with Crippen molar-refractivity contribution in [1.29, 1.82) is 0 Å². The minimum Gasteiger partial charge on any atom is -0.496 e. The number of rotatable bonds is 8. The van der Waals surface area contributed by atoms with Gasteiger partial charge in [0.05, 0.1) is 7.11 Å². The van der Waals surface area contributed by atoms with Crippen molar-refractivity contribution in [3.05, 3.63) is 29.8 Å². The summed E-state index contributed by atoms with van der Waals surface area (Å²) in [4.78, 5) is 16.4. The maximum atomic E-state index is 12.0. The second-order valence-corrected chi connectivity index (χ2v) is 6.98. The molecule has 1 fully saturated rings. The highest BCUT2D eigenvalue weighted by atomic mass is 16.5. The van der Waals surface area contributed by atoms with Crippen LogP contribution >= 0.6 is 0 Å². The molecule has 1 aliphatic heterocycles. The molecule has 0 aromatic heterocycles. The number of likely N-dealkylation sites (tertiary alicyclic amines) is 1. The number of benzene rings is 1. The zero-order chi connectivity index (χ0) is 18.1. The second-order valence-electron chi connectivity index (χ2n) is 6.98. The van der Waals surface area contributed by atoms with Crippen molar-refractivity contribution in [3.8, 4) is 5.75 Å². The normalized spacial score (nSPS) is 18.0. The Bertz CT molecular complexity index is 535. The molecule has 1 atom stereocenters. The van der Waals surface area contributed by atoms with Crippen molar-refractivity contribution in [2.45, 2.75) is 32.6 Å². The predicted molar refractivity (Wildman–Crippen MR) is 102 cm³/mol. The lowest BCUT2D eigenvalue weighted by molar-refractivity contribution is 0.146. The molecular weight excluding hydrogens is 314 g/mol. The van der Waals surface area contributed by atoms with Crippen LogP contribution in [0.15, 0.2) is 24.3 Å². The number of ether oxygens (including phenoxy) is 1. The Labute approximate surface area is 152 Å². The van der Waals surface area contributed by atoms with Gasteiger partial charge in [0, 0.05) is 33.2 Å². The average molecular weight is 348 g/mol. The Morgan fingerprint density at radius 1 is 1.40 bits per heavy atom. The number of carbonyl (C=O) groups excluding carboxylic acids is 1. The molecule has 25 heavy (non-hydrogen) atoms. The number of nitrogens with zero attached hydrogens (tertiary/aromatic N) is 2. The standard InChI is InChI=1S/C20H33N3O2/c1-4-12-21-20(24)22(2)15-17-8-7-13-23(16-17)14-11-18-9-5-6-10-19(18)25-3/h5-6,9-10,17H,4,7-8,11-16H2,1-3H3,(H,21,24)/t17-/m0/s1. The summed E-state index contributed by atoms with van der Waals surface area (Å²) in [6, 6.07) is 8.30. The molecule has 1 heterocycles. The van der Waals surface area contributed by atoms with Gasteiger partial charge in [-0.05, 0) is 49.8 Å². The minimum absolute atomic E-state index is 0.0491. The molecule has 0 radical (unpaired) electrons. The summed E-state index contributed by atoms with van der Waals surface area (Å²) in [6.45, 7) is 6.92. The molecule has 1 saturated heterocycles. The van der Waals surface area contributed by atoms with E-state index in [1.807, 2.05) is 24.1 Å². The average Bonchev–Trinajstić information content (AvgIpc) is 2.64. The maximum absolute atomic E-state index is 12.0. The number of amides is 2. The van der Waals surface area contributed by atoms with Gasteiger partial charge in [0.1, 0.15) is 5.75 Å². The van der Waals surface area contributed by atoms with Gasteiger partial charge in [-0.2, -0.15) is 0 Å². The van der Waals surface area contributed by atoms with Crippen molar-refractivity contribution in [2.24, 2.45) is 5.92 Å². The van der Waals surface area contributed by atoms with Crippen LogP contribution in [-0.4, -0.2) is 62.7 Å². The number of piperidine rings is 1. The molecule has 5 nitrogen and oxygen atoms in total. The number of hydrogen-bond donors (Lipinski definition) is 1. The summed E-state index contributed by atoms with van der Waals surface area (Å²) in [7, 11) is 3.63. The highest BCUT2D eigenvalue weighted by Gasteiger charge is 2.22. The molecular formula is C20H33N3O2. The van der Waals surface area contributed by atoms with E-state index in [4.69, 9.17) is 4.74 Å². The number of urea groups is 1. The molecule has 2 amide bonds. The van der Waals surface area contributed by atoms with E-state index in [1.54, 1.807) is 7.11 Å². The first-order valence-electron chi connectivity index (χ1n) is 9.47. The van der Waals surface area contributed by atoms with Crippen LogP contribution in [0.3, 0.4) is 0 Å². The first-order valence-corrected chi connectivity index (χ1v) is 9.47. The quantitative estimate of drug-likeness (QED) is 0.786. The Morgan fingerprint density at radius 3 is 2.96 bits per heavy atom. The summed E-state index contributed by atoms with van der Waals surface area (Å²) >= 11 is 0. The van der Waals surface area contributed by atoms with Crippen LogP contribution in [0.25, 0.3) is 0 Å². The van der Waals surface area contributed by atoms with E-state index in [0.717, 1.165) is 51.3 Å². The van der Waals surface area contributed by atoms with Crippen molar-refractivity contribution in [2.75, 3.05) is 46.9 Å². The monoisotopic (exact) mass is 347 g/mol. The second kappa shape index (κ2) is 10.3. The van der Waals surface area contributed by atoms with Gasteiger partial charge in [0.2, 0.25) is 0 Å². The summed E-state index contributed by atoms with van der Waals surface area (Å²) in [5.74, 6) is 1.53. The van der Waals surface area contributed by atoms with Crippen molar-refractivity contribution < 1.29 is 9.53 Å². The SMILES string of the molecule is CCCNC(=O)N(C)C[C@@H]1CCCN(CCc2ccccc2OC)C1. The van der Waals surface area contributed by atoms with Crippen LogP contribution < -0.4 is 10.1 Å². The molecule has 1 N–H and O–H groups in total. The number of methoxy groups -OCH3 is 1. The van der Waals surface area contributed by atoms with E-state index in [-0.39, 0.29) is 6.03 Å². The Balaban J connectivity index is 1.79. The summed E-state index contributed by atoms with van der Waals surface area (Å²) in [5.41, 5.74) is 1.27. The van der Waals surface area contributed by atoms with Gasteiger partial charge in [0.15, 0.2) is 0 Å². The Hall–Kier alpha value is -1.75. The van der Waals surface area contributed by atoms with Gasteiger partial charge >= 0.3 is 6.03 Å². The third-order valence-electron chi connectivity index (χ3n) is 4.90. The molecule has 1 aromatic carbocycles. The van der Waals surface area contributed by atoms with Gasteiger partial charge in [-0.25, -0.2) is 4.79 Å². The van der Waals surface area contributed by atoms with Gasteiger partial charge in [-0.3, -0.25) is 0 Å². The fourth-order valence-corrected chi connectivity index (χ4v) is 3.53. The van der Waals surface area contributed by atoms with Gasteiger partial charge in [-0.1, -0.05) is 25.1 Å². The zero-order valence-corrected chi connectivity index (χ0v) is 16.0. The van der Waals surface area contributed by atoms with Crippen LogP contribution in [0.2, 0.25) is 0 Å². The molecule has 0 saturated carbocycles. The summed E-state index contributed by atoms with van der Waals surface area (Å²) in [5, 5.41) is 2.95. The molecule has 140 valence electrons. The number of nitrogens with one attached hydrogen (secondary N) is 1. The Morgan fingerprint density at radius 2 is 2.20 bits per heavy atom. The fraction of sp³-hybridized carbons (Fsp3) is 0.650. The van der Waals surface area contributed by atoms with Gasteiger partial charge < -0.3 is 19.9 Å². The highest BCUT2D eigenvalue weighted by molar-refractivity contribution is 5.73. The first-order chi connectivity index (χ1) is 12.1. The van der Waals surface area contributed by atoms with Crippen LogP contribution in [0, 0.1) is 5.92 Å². The number of hydrogen-bond acceptors (Lipinski definition) is 3. The summed E-state index contributed by atoms with van der Waals surface area (Å²) in [6.07, 6.45) is 4.39. The topological polar surface area (TPSA) is 44.8 Å². The van der Waals surface area contributed by atoms with Gasteiger partial charge in [0.25, 0.3) is 0 Å². The smallest absolute Gasteiger partial charge is 0.317 e. The molecule has 1 aromatic rings. The molecule has 0 spiro atoms. The summed E-state index contributed by atoms with van der Waals surface area (Å²) < 4.78 is 5.45. The minimum atomic E-state index is 0.0491. The van der Waals surface area contributed by atoms with Crippen molar-refractivity contribution >= 4 is 6.03 Å². The lowest BCUT2D eigenvalue weighted by atomic mass is 9.97. The lowest BCUT2D eigenvalue weighted by Crippen LogP contribution is -2.45. The van der Waals surface area contributed by atoms with Crippen LogP contribution in [0.5, 0.6) is 5.75 Å². The number of para-hydroxylation sites is 1. The molecule has 1 aliphatic rings. The van der Waals surface area contributed by atoms with Crippen molar-refractivity contribution in [1.82, 2.24) is 15.1 Å². The van der Waals surface area contributed by atoms with E-state index in [1.165, 1.54) is 18.4 Å². The van der Waals surface area contributed by atoms with E-state index in [9.17, 15) is 4.79 Å². The van der Waals surface area contributed by atoms with E-state index in [0.29, 0.717) is 5.92 Å². The largest absolute Gasteiger partial charge is 0.496 e. The van der Waals surface area contributed by atoms with E-state index in [2.05, 4.69) is 29.3 Å². The Kier molecular flexibility index (Phi) is 8.06. The highest BCUT2D eigenvalue weighted by Crippen LogP contribution is 2.21. The van der Waals surface area contributed by atoms with E-state index < -0.39 is 0 Å². The fourth-order valence-electron chi connectivity index (χ4n) is 3.53. The number of carbonyl (C=O) groups is 1. The molecule has 2 rings (SSSR count). The van der Waals surface area contributed by atoms with Gasteiger partial charge in [-0.15, -0.1) is 0 Å². The molecule has 0 unspecified atom stereocenters. The van der Waals surface area contributed by atoms with Crippen LogP contribution in [0.4, 0.5) is 4.79 Å². The molecule has 0 aliphatic carbocycles. The lowest BCUT2D eigenvalue weighted by Gasteiger charge is -2.34.